The zero-order valence-corrected chi connectivity index (χ0v) is 9.24. The van der Waals surface area contributed by atoms with Crippen molar-refractivity contribution in [3.05, 3.63) is 30.1 Å². The van der Waals surface area contributed by atoms with Crippen molar-refractivity contribution in [1.82, 2.24) is 9.88 Å². The van der Waals surface area contributed by atoms with Gasteiger partial charge in [-0.15, -0.1) is 0 Å². The normalized spacial score (nSPS) is 17.0. The zero-order valence-electron chi connectivity index (χ0n) is 9.24. The smallest absolute Gasteiger partial charge is 0.0372 e. The van der Waals surface area contributed by atoms with Crippen molar-refractivity contribution in [3.63, 3.8) is 0 Å². The van der Waals surface area contributed by atoms with Gasteiger partial charge in [0.05, 0.1) is 0 Å². The second-order valence-electron chi connectivity index (χ2n) is 3.84. The SMILES string of the molecule is CN1CCCCC1.Cc1ccccn1. The van der Waals surface area contributed by atoms with Gasteiger partial charge < -0.3 is 4.90 Å². The molecule has 0 aromatic carbocycles. The Bertz CT molecular complexity index is 227. The summed E-state index contributed by atoms with van der Waals surface area (Å²) in [6.45, 7) is 4.61. The molecule has 0 unspecified atom stereocenters. The zero-order chi connectivity index (χ0) is 10.2. The van der Waals surface area contributed by atoms with Crippen LogP contribution in [0.1, 0.15) is 25.0 Å². The minimum atomic E-state index is 1.07. The van der Waals surface area contributed by atoms with E-state index in [2.05, 4.69) is 16.9 Å². The molecule has 0 N–H and O–H groups in total. The van der Waals surface area contributed by atoms with E-state index in [1.54, 1.807) is 6.20 Å². The maximum Gasteiger partial charge on any atom is 0.0372 e. The fourth-order valence-corrected chi connectivity index (χ4v) is 1.50. The number of hydrogen-bond donors (Lipinski definition) is 0. The van der Waals surface area contributed by atoms with E-state index in [1.807, 2.05) is 25.1 Å². The van der Waals surface area contributed by atoms with Crippen molar-refractivity contribution in [2.75, 3.05) is 20.1 Å². The first-order valence-electron chi connectivity index (χ1n) is 5.35. The van der Waals surface area contributed by atoms with E-state index < -0.39 is 0 Å². The number of piperidine rings is 1. The lowest BCUT2D eigenvalue weighted by molar-refractivity contribution is 0.277. The van der Waals surface area contributed by atoms with Gasteiger partial charge in [0.1, 0.15) is 0 Å². The van der Waals surface area contributed by atoms with Crippen molar-refractivity contribution in [1.29, 1.82) is 0 Å². The Kier molecular flexibility index (Phi) is 5.23. The Hall–Kier alpha value is -0.890. The molecule has 0 bridgehead atoms. The summed E-state index contributed by atoms with van der Waals surface area (Å²) in [6.07, 6.45) is 6.06. The van der Waals surface area contributed by atoms with Crippen LogP contribution in [0.15, 0.2) is 24.4 Å². The lowest BCUT2D eigenvalue weighted by atomic mass is 10.1. The molecule has 0 aliphatic carbocycles. The molecule has 14 heavy (non-hydrogen) atoms. The third-order valence-corrected chi connectivity index (χ3v) is 2.39. The summed E-state index contributed by atoms with van der Waals surface area (Å²) in [7, 11) is 2.19. The number of nitrogens with zero attached hydrogens (tertiary/aromatic N) is 2. The molecule has 1 aliphatic rings. The van der Waals surface area contributed by atoms with Crippen LogP contribution in [0.5, 0.6) is 0 Å². The highest BCUT2D eigenvalue weighted by molar-refractivity contribution is 4.99. The number of likely N-dealkylation sites (tertiary alicyclic amines) is 1. The predicted molar refractivity (Wildman–Crippen MR) is 60.3 cm³/mol. The molecule has 2 nitrogen and oxygen atoms in total. The Morgan fingerprint density at radius 1 is 1.14 bits per heavy atom. The van der Waals surface area contributed by atoms with Gasteiger partial charge in [-0.1, -0.05) is 12.5 Å². The van der Waals surface area contributed by atoms with Crippen molar-refractivity contribution >= 4 is 0 Å². The van der Waals surface area contributed by atoms with Gasteiger partial charge >= 0.3 is 0 Å². The topological polar surface area (TPSA) is 16.1 Å². The monoisotopic (exact) mass is 192 g/mol. The van der Waals surface area contributed by atoms with E-state index in [0.717, 1.165) is 5.69 Å². The molecular formula is C12H20N2. The van der Waals surface area contributed by atoms with Crippen LogP contribution in [-0.4, -0.2) is 30.0 Å². The second kappa shape index (κ2) is 6.55. The van der Waals surface area contributed by atoms with Crippen molar-refractivity contribution in [2.45, 2.75) is 26.2 Å². The molecule has 0 saturated carbocycles. The Labute approximate surface area is 87.0 Å². The summed E-state index contributed by atoms with van der Waals surface area (Å²) in [6, 6.07) is 5.86. The van der Waals surface area contributed by atoms with Crippen LogP contribution in [-0.2, 0) is 0 Å². The Balaban J connectivity index is 0.000000140. The summed E-state index contributed by atoms with van der Waals surface area (Å²) in [5.74, 6) is 0. The first kappa shape index (κ1) is 11.2. The average molecular weight is 192 g/mol. The number of hydrogen-bond acceptors (Lipinski definition) is 2. The fraction of sp³-hybridized carbons (Fsp3) is 0.583. The quantitative estimate of drug-likeness (QED) is 0.628. The standard InChI is InChI=1S/C6H13N.C6H7N/c1-7-5-3-2-4-6-7;1-6-4-2-3-5-7-6/h2-6H2,1H3;2-5H,1H3. The van der Waals surface area contributed by atoms with Gasteiger partial charge in [0.2, 0.25) is 0 Å². The molecule has 78 valence electrons. The van der Waals surface area contributed by atoms with Crippen molar-refractivity contribution < 1.29 is 0 Å². The molecule has 0 spiro atoms. The molecule has 2 rings (SSSR count). The van der Waals surface area contributed by atoms with Crippen LogP contribution in [0.2, 0.25) is 0 Å². The predicted octanol–water partition coefficient (Wildman–Crippen LogP) is 2.49. The first-order chi connectivity index (χ1) is 6.79. The average Bonchev–Trinajstić information content (AvgIpc) is 2.21. The number of aromatic nitrogens is 1. The third kappa shape index (κ3) is 4.97. The molecule has 0 radical (unpaired) electrons. The van der Waals surface area contributed by atoms with E-state index >= 15 is 0 Å². The summed E-state index contributed by atoms with van der Waals surface area (Å²) >= 11 is 0. The molecule has 0 amide bonds. The fourth-order valence-electron chi connectivity index (χ4n) is 1.50. The van der Waals surface area contributed by atoms with E-state index in [-0.39, 0.29) is 0 Å². The summed E-state index contributed by atoms with van der Waals surface area (Å²) < 4.78 is 0. The lowest BCUT2D eigenvalue weighted by Gasteiger charge is -2.20. The summed E-state index contributed by atoms with van der Waals surface area (Å²) in [5, 5.41) is 0. The molecule has 1 fully saturated rings. The maximum atomic E-state index is 3.98. The second-order valence-corrected chi connectivity index (χ2v) is 3.84. The van der Waals surface area contributed by atoms with Gasteiger partial charge in [-0.2, -0.15) is 0 Å². The Morgan fingerprint density at radius 2 is 1.86 bits per heavy atom. The van der Waals surface area contributed by atoms with Gasteiger partial charge in [0.15, 0.2) is 0 Å². The van der Waals surface area contributed by atoms with Crippen LogP contribution in [0.3, 0.4) is 0 Å². The van der Waals surface area contributed by atoms with Gasteiger partial charge in [0, 0.05) is 11.9 Å². The number of rotatable bonds is 0. The molecule has 1 saturated heterocycles. The van der Waals surface area contributed by atoms with Gasteiger partial charge in [-0.3, -0.25) is 4.98 Å². The molecule has 2 heteroatoms. The van der Waals surface area contributed by atoms with Crippen molar-refractivity contribution in [3.8, 4) is 0 Å². The highest BCUT2D eigenvalue weighted by Crippen LogP contribution is 2.04. The molecule has 1 aromatic heterocycles. The Morgan fingerprint density at radius 3 is 2.14 bits per heavy atom. The maximum absolute atomic E-state index is 3.98. The van der Waals surface area contributed by atoms with Crippen LogP contribution >= 0.6 is 0 Å². The minimum absolute atomic E-state index is 1.07. The third-order valence-electron chi connectivity index (χ3n) is 2.39. The van der Waals surface area contributed by atoms with E-state index in [0.29, 0.717) is 0 Å². The van der Waals surface area contributed by atoms with Crippen LogP contribution < -0.4 is 0 Å². The molecule has 2 heterocycles. The largest absolute Gasteiger partial charge is 0.306 e. The number of pyridine rings is 1. The van der Waals surface area contributed by atoms with E-state index in [1.165, 1.54) is 32.4 Å². The molecule has 1 aliphatic heterocycles. The van der Waals surface area contributed by atoms with Gasteiger partial charge in [0.25, 0.3) is 0 Å². The summed E-state index contributed by atoms with van der Waals surface area (Å²) in [4.78, 5) is 6.37. The van der Waals surface area contributed by atoms with Gasteiger partial charge in [-0.25, -0.2) is 0 Å². The molecule has 0 atom stereocenters. The van der Waals surface area contributed by atoms with Crippen LogP contribution in [0.4, 0.5) is 0 Å². The van der Waals surface area contributed by atoms with Gasteiger partial charge in [-0.05, 0) is 52.0 Å². The van der Waals surface area contributed by atoms with Crippen LogP contribution in [0, 0.1) is 6.92 Å². The lowest BCUT2D eigenvalue weighted by Crippen LogP contribution is -2.24. The molecular weight excluding hydrogens is 172 g/mol. The number of aryl methyl sites for hydroxylation is 1. The first-order valence-corrected chi connectivity index (χ1v) is 5.35. The van der Waals surface area contributed by atoms with Crippen LogP contribution in [0.25, 0.3) is 0 Å². The summed E-state index contributed by atoms with van der Waals surface area (Å²) in [5.41, 5.74) is 1.07. The highest BCUT2D eigenvalue weighted by atomic mass is 15.1. The minimum Gasteiger partial charge on any atom is -0.306 e. The molecule has 1 aromatic rings. The van der Waals surface area contributed by atoms with E-state index in [4.69, 9.17) is 0 Å². The highest BCUT2D eigenvalue weighted by Gasteiger charge is 2.02. The van der Waals surface area contributed by atoms with E-state index in [9.17, 15) is 0 Å². The van der Waals surface area contributed by atoms with Crippen molar-refractivity contribution in [2.24, 2.45) is 0 Å².